The highest BCUT2D eigenvalue weighted by Gasteiger charge is 2.12. The van der Waals surface area contributed by atoms with E-state index in [0.717, 1.165) is 0 Å². The van der Waals surface area contributed by atoms with E-state index in [4.69, 9.17) is 5.11 Å². The first-order valence-electron chi connectivity index (χ1n) is 6.68. The summed E-state index contributed by atoms with van der Waals surface area (Å²) >= 11 is 0. The van der Waals surface area contributed by atoms with Gasteiger partial charge in [-0.3, -0.25) is 20.2 Å². The SMILES string of the molecule is O=[N+]([O-])c1ccc(O)c2ccccc12.O=[N+]([O-])c1ccc(O)cc1. The first-order valence-corrected chi connectivity index (χ1v) is 6.68. The van der Waals surface area contributed by atoms with Crippen LogP contribution >= 0.6 is 0 Å². The molecule has 24 heavy (non-hydrogen) atoms. The summed E-state index contributed by atoms with van der Waals surface area (Å²) in [6, 6.07) is 14.4. The highest BCUT2D eigenvalue weighted by molar-refractivity contribution is 5.95. The molecule has 0 aliphatic carbocycles. The second-order valence-electron chi connectivity index (χ2n) is 4.68. The van der Waals surface area contributed by atoms with Crippen LogP contribution in [-0.4, -0.2) is 20.1 Å². The number of phenols is 2. The zero-order valence-electron chi connectivity index (χ0n) is 12.2. The Morgan fingerprint density at radius 1 is 0.708 bits per heavy atom. The van der Waals surface area contributed by atoms with Crippen molar-refractivity contribution in [3.05, 3.63) is 80.9 Å². The molecule has 122 valence electrons. The molecule has 0 heterocycles. The van der Waals surface area contributed by atoms with Gasteiger partial charge in [-0.1, -0.05) is 18.2 Å². The Bertz CT molecular complexity index is 893. The van der Waals surface area contributed by atoms with Crippen LogP contribution in [-0.2, 0) is 0 Å². The minimum absolute atomic E-state index is 0.0124. The topological polar surface area (TPSA) is 127 Å². The fraction of sp³-hybridized carbons (Fsp3) is 0. The highest BCUT2D eigenvalue weighted by Crippen LogP contribution is 2.31. The molecule has 0 atom stereocenters. The van der Waals surface area contributed by atoms with Gasteiger partial charge in [-0.15, -0.1) is 0 Å². The van der Waals surface area contributed by atoms with Crippen molar-refractivity contribution in [2.75, 3.05) is 0 Å². The van der Waals surface area contributed by atoms with Crippen LogP contribution in [0.4, 0.5) is 11.4 Å². The van der Waals surface area contributed by atoms with Crippen molar-refractivity contribution in [2.45, 2.75) is 0 Å². The van der Waals surface area contributed by atoms with Gasteiger partial charge in [0.1, 0.15) is 11.5 Å². The summed E-state index contributed by atoms with van der Waals surface area (Å²) in [6.07, 6.45) is 0. The molecule has 0 radical (unpaired) electrons. The van der Waals surface area contributed by atoms with E-state index in [-0.39, 0.29) is 22.9 Å². The Morgan fingerprint density at radius 3 is 1.83 bits per heavy atom. The van der Waals surface area contributed by atoms with Gasteiger partial charge >= 0.3 is 0 Å². The van der Waals surface area contributed by atoms with E-state index in [1.54, 1.807) is 24.3 Å². The van der Waals surface area contributed by atoms with Gasteiger partial charge in [-0.25, -0.2) is 0 Å². The lowest BCUT2D eigenvalue weighted by atomic mass is 10.1. The van der Waals surface area contributed by atoms with Crippen LogP contribution in [0.2, 0.25) is 0 Å². The number of hydrogen-bond acceptors (Lipinski definition) is 6. The molecule has 8 nitrogen and oxygen atoms in total. The summed E-state index contributed by atoms with van der Waals surface area (Å²) in [5.41, 5.74) is -0.00352. The fourth-order valence-electron chi connectivity index (χ4n) is 2.00. The van der Waals surface area contributed by atoms with Crippen molar-refractivity contribution < 1.29 is 20.1 Å². The van der Waals surface area contributed by atoms with Gasteiger partial charge in [-0.2, -0.15) is 0 Å². The van der Waals surface area contributed by atoms with E-state index < -0.39 is 9.85 Å². The van der Waals surface area contributed by atoms with Crippen LogP contribution < -0.4 is 0 Å². The van der Waals surface area contributed by atoms with Gasteiger partial charge in [-0.05, 0) is 24.3 Å². The Kier molecular flexibility index (Phi) is 4.90. The number of aromatic hydroxyl groups is 2. The maximum Gasteiger partial charge on any atom is 0.277 e. The summed E-state index contributed by atoms with van der Waals surface area (Å²) in [4.78, 5) is 19.7. The zero-order chi connectivity index (χ0) is 17.7. The molecule has 3 rings (SSSR count). The molecular weight excluding hydrogens is 316 g/mol. The van der Waals surface area contributed by atoms with Crippen LogP contribution in [0.15, 0.2) is 60.7 Å². The molecule has 0 fully saturated rings. The first kappa shape index (κ1) is 16.7. The molecule has 0 aromatic heterocycles. The van der Waals surface area contributed by atoms with Gasteiger partial charge < -0.3 is 10.2 Å². The Balaban J connectivity index is 0.000000185. The fourth-order valence-corrected chi connectivity index (χ4v) is 2.00. The third kappa shape index (κ3) is 3.74. The average Bonchev–Trinajstić information content (AvgIpc) is 2.56. The zero-order valence-corrected chi connectivity index (χ0v) is 12.2. The van der Waals surface area contributed by atoms with Crippen LogP contribution in [0, 0.1) is 20.2 Å². The minimum Gasteiger partial charge on any atom is -0.508 e. The third-order valence-corrected chi connectivity index (χ3v) is 3.14. The molecule has 0 saturated carbocycles. The van der Waals surface area contributed by atoms with Gasteiger partial charge in [0.2, 0.25) is 0 Å². The van der Waals surface area contributed by atoms with E-state index in [1.807, 2.05) is 0 Å². The molecule has 0 unspecified atom stereocenters. The number of nitro groups is 2. The molecule has 0 saturated heterocycles. The van der Waals surface area contributed by atoms with E-state index >= 15 is 0 Å². The second kappa shape index (κ2) is 7.05. The van der Waals surface area contributed by atoms with E-state index in [9.17, 15) is 25.3 Å². The molecule has 0 bridgehead atoms. The summed E-state index contributed by atoms with van der Waals surface area (Å²) < 4.78 is 0. The average molecular weight is 328 g/mol. The predicted octanol–water partition coefficient (Wildman–Crippen LogP) is 3.75. The van der Waals surface area contributed by atoms with Gasteiger partial charge in [0.25, 0.3) is 11.4 Å². The van der Waals surface area contributed by atoms with Crippen molar-refractivity contribution >= 4 is 22.1 Å². The Morgan fingerprint density at radius 2 is 1.29 bits per heavy atom. The lowest BCUT2D eigenvalue weighted by Gasteiger charge is -2.00. The number of benzene rings is 3. The number of hydrogen-bond donors (Lipinski definition) is 2. The standard InChI is InChI=1S/C10H7NO3.C6H5NO3/c12-10-6-5-9(11(13)14)7-3-1-2-4-8(7)10;8-6-3-1-5(2-4-6)7(9)10/h1-6,12H;1-4,8H. The van der Waals surface area contributed by atoms with Crippen LogP contribution in [0.5, 0.6) is 11.5 Å². The predicted molar refractivity (Wildman–Crippen MR) is 87.0 cm³/mol. The minimum atomic E-state index is -0.514. The van der Waals surface area contributed by atoms with Gasteiger partial charge in [0.15, 0.2) is 0 Å². The van der Waals surface area contributed by atoms with Crippen molar-refractivity contribution in [1.82, 2.24) is 0 Å². The van der Waals surface area contributed by atoms with Crippen molar-refractivity contribution in [3.63, 3.8) is 0 Å². The van der Waals surface area contributed by atoms with Crippen molar-refractivity contribution in [3.8, 4) is 11.5 Å². The number of nitrogens with zero attached hydrogens (tertiary/aromatic N) is 2. The van der Waals surface area contributed by atoms with E-state index in [1.165, 1.54) is 36.4 Å². The van der Waals surface area contributed by atoms with Crippen LogP contribution in [0.1, 0.15) is 0 Å². The Hall–Kier alpha value is -3.68. The maximum absolute atomic E-state index is 10.7. The molecule has 0 aliphatic rings. The normalized spacial score (nSPS) is 9.83. The summed E-state index contributed by atoms with van der Waals surface area (Å²) in [5, 5.41) is 39.8. The quantitative estimate of drug-likeness (QED) is 0.544. The summed E-state index contributed by atoms with van der Waals surface area (Å²) in [7, 11) is 0. The highest BCUT2D eigenvalue weighted by atomic mass is 16.6. The third-order valence-electron chi connectivity index (χ3n) is 3.14. The molecule has 0 spiro atoms. The van der Waals surface area contributed by atoms with Crippen LogP contribution in [0.25, 0.3) is 10.8 Å². The molecular formula is C16H12N2O6. The molecule has 3 aromatic carbocycles. The van der Waals surface area contributed by atoms with Crippen molar-refractivity contribution in [2.24, 2.45) is 0 Å². The number of rotatable bonds is 2. The molecule has 8 heteroatoms. The number of nitro benzene ring substituents is 2. The van der Waals surface area contributed by atoms with Crippen LogP contribution in [0.3, 0.4) is 0 Å². The lowest BCUT2D eigenvalue weighted by molar-refractivity contribution is -0.384. The number of fused-ring (bicyclic) bond motifs is 1. The largest absolute Gasteiger partial charge is 0.508 e. The van der Waals surface area contributed by atoms with E-state index in [2.05, 4.69) is 0 Å². The summed E-state index contributed by atoms with van der Waals surface area (Å²) in [6.45, 7) is 0. The van der Waals surface area contributed by atoms with Gasteiger partial charge in [0, 0.05) is 23.6 Å². The Labute approximate surface area is 135 Å². The second-order valence-corrected chi connectivity index (χ2v) is 4.68. The molecule has 2 N–H and O–H groups in total. The number of non-ortho nitro benzene ring substituents is 2. The first-order chi connectivity index (χ1) is 11.4. The number of phenolic OH excluding ortho intramolecular Hbond substituents is 2. The molecule has 3 aromatic rings. The van der Waals surface area contributed by atoms with Gasteiger partial charge in [0.05, 0.1) is 15.2 Å². The summed E-state index contributed by atoms with van der Waals surface area (Å²) in [5.74, 6) is 0.0943. The monoisotopic (exact) mass is 328 g/mol. The smallest absolute Gasteiger partial charge is 0.277 e. The maximum atomic E-state index is 10.7. The van der Waals surface area contributed by atoms with E-state index in [0.29, 0.717) is 10.8 Å². The molecule has 0 aliphatic heterocycles. The lowest BCUT2D eigenvalue weighted by Crippen LogP contribution is -1.88. The molecule has 0 amide bonds. The van der Waals surface area contributed by atoms with Crippen molar-refractivity contribution in [1.29, 1.82) is 0 Å².